The number of guanidine groups is 1. The number of benzene rings is 2. The molecular weight excluding hydrogens is 319 g/mol. The molecule has 0 unspecified atom stereocenters. The van der Waals surface area contributed by atoms with Crippen LogP contribution in [0.25, 0.3) is 11.1 Å². The molecule has 0 spiro atoms. The third-order valence-electron chi connectivity index (χ3n) is 4.15. The summed E-state index contributed by atoms with van der Waals surface area (Å²) in [5, 5.41) is 4.01. The third kappa shape index (κ3) is 3.38. The minimum Gasteiger partial charge on any atom is -0.370 e. The van der Waals surface area contributed by atoms with Gasteiger partial charge in [-0.15, -0.1) is 0 Å². The van der Waals surface area contributed by atoms with Crippen molar-refractivity contribution in [2.24, 2.45) is 16.5 Å². The smallest absolute Gasteiger partial charge is 0.253 e. The number of rotatable bonds is 4. The Hall–Kier alpha value is -3.15. The average Bonchev–Trinajstić information content (AvgIpc) is 3.04. The van der Waals surface area contributed by atoms with Crippen molar-refractivity contribution in [2.45, 2.75) is 19.3 Å². The van der Waals surface area contributed by atoms with Gasteiger partial charge in [0.25, 0.3) is 5.88 Å². The topological polar surface area (TPSA) is 90.4 Å². The number of aromatic nitrogens is 1. The van der Waals surface area contributed by atoms with Crippen molar-refractivity contribution in [1.29, 1.82) is 0 Å². The van der Waals surface area contributed by atoms with E-state index in [2.05, 4.69) is 10.1 Å². The van der Waals surface area contributed by atoms with Crippen molar-refractivity contribution in [2.75, 3.05) is 0 Å². The highest BCUT2D eigenvalue weighted by atomic mass is 19.1. The molecule has 0 radical (unpaired) electrons. The molecule has 2 aromatic carbocycles. The molecule has 0 saturated heterocycles. The Balaban J connectivity index is 1.96. The first kappa shape index (κ1) is 16.7. The van der Waals surface area contributed by atoms with E-state index < -0.39 is 5.41 Å². The molecule has 25 heavy (non-hydrogen) atoms. The van der Waals surface area contributed by atoms with E-state index in [0.717, 1.165) is 11.1 Å². The summed E-state index contributed by atoms with van der Waals surface area (Å²) < 4.78 is 19.8. The van der Waals surface area contributed by atoms with Gasteiger partial charge in [0.1, 0.15) is 5.82 Å². The van der Waals surface area contributed by atoms with Crippen molar-refractivity contribution < 1.29 is 8.91 Å². The van der Waals surface area contributed by atoms with E-state index in [-0.39, 0.29) is 17.7 Å². The third-order valence-corrected chi connectivity index (χ3v) is 4.15. The Morgan fingerprint density at radius 3 is 2.44 bits per heavy atom. The van der Waals surface area contributed by atoms with Gasteiger partial charge in [-0.2, -0.15) is 4.99 Å². The first-order valence-electron chi connectivity index (χ1n) is 7.80. The molecule has 3 aromatic rings. The molecule has 128 valence electrons. The van der Waals surface area contributed by atoms with Crippen LogP contribution in [-0.4, -0.2) is 11.1 Å². The highest BCUT2D eigenvalue weighted by Crippen LogP contribution is 2.35. The number of halogens is 1. The molecule has 1 heterocycles. The van der Waals surface area contributed by atoms with Crippen LogP contribution in [0.2, 0.25) is 0 Å². The maximum atomic E-state index is 14.7. The second kappa shape index (κ2) is 6.39. The van der Waals surface area contributed by atoms with E-state index in [4.69, 9.17) is 16.0 Å². The zero-order valence-electron chi connectivity index (χ0n) is 14.0. The van der Waals surface area contributed by atoms with Gasteiger partial charge in [0.15, 0.2) is 5.96 Å². The van der Waals surface area contributed by atoms with Gasteiger partial charge in [-0.25, -0.2) is 4.39 Å². The minimum atomic E-state index is -0.573. The number of hydrogen-bond acceptors (Lipinski definition) is 3. The van der Waals surface area contributed by atoms with E-state index in [1.807, 2.05) is 50.2 Å². The summed E-state index contributed by atoms with van der Waals surface area (Å²) in [4.78, 5) is 3.83. The van der Waals surface area contributed by atoms with Crippen LogP contribution in [0.1, 0.15) is 25.1 Å². The molecule has 0 amide bonds. The van der Waals surface area contributed by atoms with Crippen molar-refractivity contribution in [3.8, 4) is 11.1 Å². The average molecular weight is 338 g/mol. The molecule has 0 aliphatic heterocycles. The van der Waals surface area contributed by atoms with Gasteiger partial charge in [-0.05, 0) is 17.2 Å². The predicted molar refractivity (Wildman–Crippen MR) is 95.9 cm³/mol. The fourth-order valence-corrected chi connectivity index (χ4v) is 2.64. The molecule has 4 N–H and O–H groups in total. The summed E-state index contributed by atoms with van der Waals surface area (Å²) in [5.74, 6) is -0.187. The van der Waals surface area contributed by atoms with Crippen LogP contribution in [0.15, 0.2) is 64.1 Å². The van der Waals surface area contributed by atoms with Crippen LogP contribution in [0.4, 0.5) is 10.3 Å². The first-order chi connectivity index (χ1) is 11.9. The lowest BCUT2D eigenvalue weighted by Gasteiger charge is -2.23. The summed E-state index contributed by atoms with van der Waals surface area (Å²) in [6, 6.07) is 16.3. The second-order valence-electron chi connectivity index (χ2n) is 6.27. The molecule has 6 heteroatoms. The van der Waals surface area contributed by atoms with Crippen molar-refractivity contribution in [3.05, 3.63) is 71.7 Å². The fraction of sp³-hybridized carbons (Fsp3) is 0.158. The van der Waals surface area contributed by atoms with Crippen molar-refractivity contribution in [3.63, 3.8) is 0 Å². The van der Waals surface area contributed by atoms with Gasteiger partial charge in [-0.1, -0.05) is 61.5 Å². The van der Waals surface area contributed by atoms with Gasteiger partial charge in [0.05, 0.1) is 5.69 Å². The standard InChI is InChI=1S/C19H19FN4O/c1-19(2,16-11-17(25-24-16)23-18(21)22)13-8-9-14(15(20)10-13)12-6-4-3-5-7-12/h3-11H,1-2H3,(H4,21,22,23). The van der Waals surface area contributed by atoms with Gasteiger partial charge in [0.2, 0.25) is 0 Å². The summed E-state index contributed by atoms with van der Waals surface area (Å²) >= 11 is 0. The lowest BCUT2D eigenvalue weighted by Crippen LogP contribution is -2.21. The fourth-order valence-electron chi connectivity index (χ4n) is 2.64. The van der Waals surface area contributed by atoms with E-state index >= 15 is 0 Å². The monoisotopic (exact) mass is 338 g/mol. The zero-order chi connectivity index (χ0) is 18.0. The molecule has 0 bridgehead atoms. The Kier molecular flexibility index (Phi) is 4.27. The number of hydrogen-bond donors (Lipinski definition) is 2. The summed E-state index contributed by atoms with van der Waals surface area (Å²) in [5.41, 5.74) is 12.9. The van der Waals surface area contributed by atoms with E-state index in [0.29, 0.717) is 11.3 Å². The highest BCUT2D eigenvalue weighted by Gasteiger charge is 2.28. The quantitative estimate of drug-likeness (QED) is 0.560. The lowest BCUT2D eigenvalue weighted by atomic mass is 9.81. The SMILES string of the molecule is CC(C)(c1ccc(-c2ccccc2)c(F)c1)c1cc(N=C(N)N)on1. The van der Waals surface area contributed by atoms with Crippen molar-refractivity contribution in [1.82, 2.24) is 5.16 Å². The maximum Gasteiger partial charge on any atom is 0.253 e. The molecular formula is C19H19FN4O. The molecule has 3 rings (SSSR count). The molecule has 0 aliphatic carbocycles. The van der Waals surface area contributed by atoms with Gasteiger partial charge in [-0.3, -0.25) is 0 Å². The van der Waals surface area contributed by atoms with Crippen LogP contribution in [0, 0.1) is 5.82 Å². The molecule has 0 fully saturated rings. The highest BCUT2D eigenvalue weighted by molar-refractivity contribution is 5.78. The van der Waals surface area contributed by atoms with Crippen LogP contribution in [-0.2, 0) is 5.41 Å². The second-order valence-corrected chi connectivity index (χ2v) is 6.27. The van der Waals surface area contributed by atoms with Crippen LogP contribution >= 0.6 is 0 Å². The van der Waals surface area contributed by atoms with Gasteiger partial charge >= 0.3 is 0 Å². The molecule has 1 aromatic heterocycles. The molecule has 0 atom stereocenters. The van der Waals surface area contributed by atoms with Gasteiger partial charge in [0, 0.05) is 17.0 Å². The maximum absolute atomic E-state index is 14.7. The molecule has 0 saturated carbocycles. The Labute approximate surface area is 145 Å². The number of aliphatic imine (C=N–C) groups is 1. The van der Waals surface area contributed by atoms with Crippen molar-refractivity contribution >= 4 is 11.8 Å². The van der Waals surface area contributed by atoms with E-state index in [1.165, 1.54) is 6.07 Å². The largest absolute Gasteiger partial charge is 0.370 e. The Bertz CT molecular complexity index is 912. The van der Waals surface area contributed by atoms with Gasteiger partial charge < -0.3 is 16.0 Å². The number of nitrogens with two attached hydrogens (primary N) is 2. The summed E-state index contributed by atoms with van der Waals surface area (Å²) in [7, 11) is 0. The zero-order valence-corrected chi connectivity index (χ0v) is 14.0. The summed E-state index contributed by atoms with van der Waals surface area (Å²) in [6.45, 7) is 3.86. The first-order valence-corrected chi connectivity index (χ1v) is 7.80. The van der Waals surface area contributed by atoms with E-state index in [1.54, 1.807) is 12.1 Å². The Morgan fingerprint density at radius 1 is 1.08 bits per heavy atom. The van der Waals surface area contributed by atoms with Crippen LogP contribution in [0.5, 0.6) is 0 Å². The predicted octanol–water partition coefficient (Wildman–Crippen LogP) is 3.71. The molecule has 0 aliphatic rings. The normalized spacial score (nSPS) is 11.3. The van der Waals surface area contributed by atoms with Crippen LogP contribution < -0.4 is 11.5 Å². The Morgan fingerprint density at radius 2 is 1.80 bits per heavy atom. The summed E-state index contributed by atoms with van der Waals surface area (Å²) in [6.07, 6.45) is 0. The lowest BCUT2D eigenvalue weighted by molar-refractivity contribution is 0.406. The van der Waals surface area contributed by atoms with Crippen LogP contribution in [0.3, 0.4) is 0 Å². The minimum absolute atomic E-state index is 0.112. The number of nitrogens with zero attached hydrogens (tertiary/aromatic N) is 2. The van der Waals surface area contributed by atoms with E-state index in [9.17, 15) is 4.39 Å². The molecule has 5 nitrogen and oxygen atoms in total.